The average Bonchev–Trinajstić information content (AvgIpc) is 2.90. The van der Waals surface area contributed by atoms with E-state index in [1.165, 1.54) is 0 Å². The molecule has 4 rings (SSSR count). The molecule has 3 N–H and O–H groups in total. The minimum Gasteiger partial charge on any atom is -0.403 e. The first-order valence-corrected chi connectivity index (χ1v) is 11.3. The molecule has 1 aromatic carbocycles. The first kappa shape index (κ1) is 25.0. The number of aromatic amines is 1. The molecule has 6 radical (unpaired) electrons. The van der Waals surface area contributed by atoms with Crippen molar-refractivity contribution in [1.29, 1.82) is 0 Å². The summed E-state index contributed by atoms with van der Waals surface area (Å²) < 4.78 is 49.9. The van der Waals surface area contributed by atoms with Crippen molar-refractivity contribution in [3.05, 3.63) is 61.9 Å². The number of hydrogen-bond donors (Lipinski definition) is 3. The normalized spacial score (nSPS) is 33.3. The fourth-order valence-electron chi connectivity index (χ4n) is 3.84. The Hall–Kier alpha value is -2.15. The number of halogens is 1. The van der Waals surface area contributed by atoms with E-state index in [0.717, 1.165) is 17.8 Å². The van der Waals surface area contributed by atoms with Gasteiger partial charge in [-0.2, -0.15) is 0 Å². The van der Waals surface area contributed by atoms with Gasteiger partial charge in [-0.1, -0.05) is 17.7 Å². The number of alkyl halides is 1. The molecule has 1 unspecified atom stereocenters. The minimum atomic E-state index is -4.70. The number of rotatable bonds is 4. The Morgan fingerprint density at radius 1 is 1.29 bits per heavy atom. The fourth-order valence-corrected chi connectivity index (χ4v) is 5.26. The van der Waals surface area contributed by atoms with E-state index in [0.29, 0.717) is 15.7 Å². The van der Waals surface area contributed by atoms with Crippen molar-refractivity contribution in [2.45, 2.75) is 49.5 Å². The lowest BCUT2D eigenvalue weighted by Gasteiger charge is -2.42. The summed E-state index contributed by atoms with van der Waals surface area (Å²) >= 11 is 0. The monoisotopic (exact) mass is 488 g/mol. The van der Waals surface area contributed by atoms with Gasteiger partial charge in [0.1, 0.15) is 47.1 Å². The second-order valence-corrected chi connectivity index (χ2v) is 9.65. The van der Waals surface area contributed by atoms with E-state index in [1.807, 2.05) is 11.9 Å². The van der Waals surface area contributed by atoms with E-state index in [4.69, 9.17) is 41.8 Å². The molecule has 3 heterocycles. The zero-order chi connectivity index (χ0) is 25.3. The third-order valence-electron chi connectivity index (χ3n) is 5.49. The molecule has 2 aromatic rings. The van der Waals surface area contributed by atoms with Crippen molar-refractivity contribution < 1.29 is 37.5 Å². The number of aryl methyl sites for hydroxylation is 2. The first-order valence-electron chi connectivity index (χ1n) is 9.81. The zero-order valence-corrected chi connectivity index (χ0v) is 18.8. The second-order valence-electron chi connectivity index (χ2n) is 8.14. The Bertz CT molecular complexity index is 1320. The number of nitrogens with zero attached hydrogens (tertiary/aromatic N) is 1. The largest absolute Gasteiger partial charge is 0.529 e. The quantitative estimate of drug-likeness (QED) is 0.367. The molecule has 34 heavy (non-hydrogen) atoms. The number of phosphoric acid groups is 1. The summed E-state index contributed by atoms with van der Waals surface area (Å²) in [6, 6.07) is 4.27. The maximum Gasteiger partial charge on any atom is 0.529 e. The van der Waals surface area contributed by atoms with Gasteiger partial charge in [-0.3, -0.25) is 23.4 Å². The summed E-state index contributed by atoms with van der Waals surface area (Å²) in [4.78, 5) is 25.3. The van der Waals surface area contributed by atoms with Crippen LogP contribution in [0.4, 0.5) is 4.39 Å². The van der Waals surface area contributed by atoms with E-state index in [1.54, 1.807) is 19.1 Å². The summed E-state index contributed by atoms with van der Waals surface area (Å²) in [6.45, 7) is 3.23. The van der Waals surface area contributed by atoms with Crippen LogP contribution in [0, 0.1) is 13.8 Å². The van der Waals surface area contributed by atoms with Gasteiger partial charge in [0.15, 0.2) is 0 Å². The number of benzene rings is 1. The molecule has 16 heteroatoms. The zero-order valence-electron chi connectivity index (χ0n) is 17.9. The van der Waals surface area contributed by atoms with Gasteiger partial charge in [0.05, 0.1) is 12.0 Å². The molecule has 5 atom stereocenters. The van der Waals surface area contributed by atoms with Gasteiger partial charge in [-0.25, -0.2) is 13.8 Å². The average molecular weight is 488 g/mol. The molecular formula is C18H17B3FN2O9P. The lowest BCUT2D eigenvalue weighted by atomic mass is 9.59. The summed E-state index contributed by atoms with van der Waals surface area (Å²) in [5, 5.41) is 17.5. The first-order chi connectivity index (χ1) is 15.6. The fraction of sp³-hybridized carbons (Fsp3) is 0.444. The summed E-state index contributed by atoms with van der Waals surface area (Å²) in [5.74, 6) is -3.62. The number of H-pyrrole nitrogens is 1. The highest BCUT2D eigenvalue weighted by Crippen LogP contribution is 2.59. The maximum absolute atomic E-state index is 16.0. The van der Waals surface area contributed by atoms with Gasteiger partial charge in [0, 0.05) is 17.8 Å². The molecule has 1 fully saturated rings. The lowest BCUT2D eigenvalue weighted by molar-refractivity contribution is -0.240. The van der Waals surface area contributed by atoms with Gasteiger partial charge in [-0.15, -0.1) is 0 Å². The predicted octanol–water partition coefficient (Wildman–Crippen LogP) is -0.925. The Morgan fingerprint density at radius 2 is 1.97 bits per heavy atom. The summed E-state index contributed by atoms with van der Waals surface area (Å²) in [7, 11) is 12.6. The molecule has 1 saturated heterocycles. The predicted molar refractivity (Wildman–Crippen MR) is 116 cm³/mol. The maximum atomic E-state index is 16.0. The second kappa shape index (κ2) is 7.94. The van der Waals surface area contributed by atoms with Crippen LogP contribution in [0.25, 0.3) is 0 Å². The molecule has 1 aromatic heterocycles. The van der Waals surface area contributed by atoms with Crippen LogP contribution in [0.1, 0.15) is 16.7 Å². The van der Waals surface area contributed by atoms with Crippen LogP contribution in [0.3, 0.4) is 0 Å². The van der Waals surface area contributed by atoms with Crippen molar-refractivity contribution in [3.8, 4) is 5.75 Å². The van der Waals surface area contributed by atoms with Crippen molar-refractivity contribution in [2.75, 3.05) is 0 Å². The number of aliphatic hydroxyl groups excluding tert-OH is 2. The van der Waals surface area contributed by atoms with Gasteiger partial charge < -0.3 is 19.5 Å². The van der Waals surface area contributed by atoms with Crippen molar-refractivity contribution >= 4 is 31.4 Å². The summed E-state index contributed by atoms with van der Waals surface area (Å²) in [6.07, 6.45) is -4.20. The van der Waals surface area contributed by atoms with Crippen LogP contribution in [0.15, 0.2) is 34.0 Å². The number of aromatic nitrogens is 2. The molecular weight excluding hydrogens is 471 g/mol. The van der Waals surface area contributed by atoms with Crippen molar-refractivity contribution in [3.63, 3.8) is 0 Å². The van der Waals surface area contributed by atoms with Crippen LogP contribution in [0.5, 0.6) is 5.75 Å². The summed E-state index contributed by atoms with van der Waals surface area (Å²) in [5.41, 5.74) is -2.86. The molecule has 0 aliphatic carbocycles. The molecule has 0 spiro atoms. The van der Waals surface area contributed by atoms with E-state index >= 15 is 4.39 Å². The number of hydrogen-bond acceptors (Lipinski definition) is 9. The van der Waals surface area contributed by atoms with E-state index in [2.05, 4.69) is 0 Å². The van der Waals surface area contributed by atoms with E-state index < -0.39 is 48.2 Å². The van der Waals surface area contributed by atoms with Gasteiger partial charge in [0.25, 0.3) is 11.4 Å². The van der Waals surface area contributed by atoms with E-state index in [-0.39, 0.29) is 12.4 Å². The molecule has 0 amide bonds. The van der Waals surface area contributed by atoms with Crippen molar-refractivity contribution in [1.82, 2.24) is 9.55 Å². The lowest BCUT2D eigenvalue weighted by Crippen LogP contribution is -2.60. The Labute approximate surface area is 196 Å². The molecule has 0 bridgehead atoms. The third kappa shape index (κ3) is 3.80. The topological polar surface area (TPSA) is 149 Å². The molecule has 11 nitrogen and oxygen atoms in total. The number of phosphoric ester groups is 1. The van der Waals surface area contributed by atoms with Crippen LogP contribution in [0.2, 0.25) is 0 Å². The number of fused-ring (bicyclic) bond motifs is 1. The SMILES string of the molecule is [B]C([B])(OP1(=O)OCc2cc(C)cc(C)c2O1)[C@@]1(F)O[C@@]([B])(n2ccc(=O)[nH]c2=O)[C@H](O)[C@@H]1O. The highest BCUT2D eigenvalue weighted by molar-refractivity contribution is 7.49. The molecule has 2 aliphatic heterocycles. The van der Waals surface area contributed by atoms with Crippen LogP contribution >= 0.6 is 7.82 Å². The van der Waals surface area contributed by atoms with Crippen LogP contribution in [-0.2, 0) is 30.6 Å². The highest BCUT2D eigenvalue weighted by atomic mass is 31.2. The van der Waals surface area contributed by atoms with Crippen LogP contribution < -0.4 is 15.8 Å². The number of aliphatic hydroxyl groups is 2. The minimum absolute atomic E-state index is 0.143. The van der Waals surface area contributed by atoms with Gasteiger partial charge >= 0.3 is 13.5 Å². The number of ether oxygens (including phenoxy) is 1. The van der Waals surface area contributed by atoms with Crippen LogP contribution in [-0.4, -0.2) is 66.8 Å². The molecule has 174 valence electrons. The standard InChI is InChI=1S/C18H17B3FN2O9P/c1-8-5-9(2)12-10(6-8)7-30-34(29,31-12)33-18(20,21)16(22)13(26)14(27)17(19,32-16)24-4-3-11(25)23-15(24)28/h3-6,13-14,26-27H,7H2,1-2H3,(H,23,25,28)/t13-,14+,16-,17-,34?/m0/s1. The third-order valence-corrected chi connectivity index (χ3v) is 6.87. The van der Waals surface area contributed by atoms with Gasteiger partial charge in [0.2, 0.25) is 0 Å². The molecule has 2 aliphatic rings. The molecule has 0 saturated carbocycles. The Morgan fingerprint density at radius 3 is 2.62 bits per heavy atom. The Kier molecular flexibility index (Phi) is 5.83. The smallest absolute Gasteiger partial charge is 0.403 e. The number of nitrogens with one attached hydrogen (secondary N) is 1. The highest BCUT2D eigenvalue weighted by Gasteiger charge is 2.69. The van der Waals surface area contributed by atoms with Crippen molar-refractivity contribution in [2.24, 2.45) is 0 Å². The van der Waals surface area contributed by atoms with E-state index in [9.17, 15) is 24.4 Å². The van der Waals surface area contributed by atoms with Gasteiger partial charge in [-0.05, 0) is 19.4 Å². The Balaban J connectivity index is 1.67.